The van der Waals surface area contributed by atoms with E-state index in [4.69, 9.17) is 0 Å². The lowest BCUT2D eigenvalue weighted by Gasteiger charge is -2.37. The fourth-order valence-electron chi connectivity index (χ4n) is 5.05. The predicted octanol–water partition coefficient (Wildman–Crippen LogP) is 7.59. The maximum atomic E-state index is 4.31. The summed E-state index contributed by atoms with van der Waals surface area (Å²) in [5, 5.41) is 0. The number of allylic oxidation sites excluding steroid dienone is 1. The Morgan fingerprint density at radius 2 is 1.16 bits per heavy atom. The summed E-state index contributed by atoms with van der Waals surface area (Å²) in [4.78, 5) is 2.90. The van der Waals surface area contributed by atoms with Crippen LogP contribution in [0, 0.1) is 0 Å². The number of hydrogen-bond acceptors (Lipinski definition) is 1. The van der Waals surface area contributed by atoms with Gasteiger partial charge in [0, 0.05) is 0 Å². The van der Waals surface area contributed by atoms with Crippen LogP contribution in [0.5, 0.6) is 0 Å². The van der Waals surface area contributed by atoms with E-state index in [-0.39, 0.29) is 0 Å². The predicted molar refractivity (Wildman–Crippen MR) is 118 cm³/mol. The van der Waals surface area contributed by atoms with Gasteiger partial charge < -0.3 is 4.90 Å². The number of hydrogen-bond donors (Lipinski definition) is 0. The molecule has 25 heavy (non-hydrogen) atoms. The highest BCUT2D eigenvalue weighted by Crippen LogP contribution is 2.29. The van der Waals surface area contributed by atoms with Gasteiger partial charge in [0.25, 0.3) is 0 Å². The van der Waals surface area contributed by atoms with Crippen LogP contribution >= 0.6 is 0 Å². The third kappa shape index (κ3) is 10.6. The molecule has 0 aromatic carbocycles. The quantitative estimate of drug-likeness (QED) is 0.316. The van der Waals surface area contributed by atoms with Crippen molar-refractivity contribution < 1.29 is 0 Å². The molecule has 0 unspecified atom stereocenters. The van der Waals surface area contributed by atoms with Crippen molar-refractivity contribution in [1.29, 1.82) is 0 Å². The molecule has 0 N–H and O–H groups in total. The average molecular weight is 366 g/mol. The lowest BCUT2D eigenvalue weighted by Crippen LogP contribution is -2.48. The van der Waals surface area contributed by atoms with Gasteiger partial charge in [-0.05, 0) is 45.1 Å². The van der Waals surface area contributed by atoms with Gasteiger partial charge in [-0.1, -0.05) is 95.7 Å². The lowest BCUT2D eigenvalue weighted by molar-refractivity contribution is 0.294. The Bertz CT molecular complexity index is 319. The van der Waals surface area contributed by atoms with Crippen LogP contribution in [-0.2, 0) is 0 Å². The van der Waals surface area contributed by atoms with Gasteiger partial charge in [-0.2, -0.15) is 0 Å². The van der Waals surface area contributed by atoms with Crippen LogP contribution in [0.4, 0.5) is 0 Å². The van der Waals surface area contributed by atoms with Crippen LogP contribution in [0.15, 0.2) is 12.2 Å². The maximum absolute atomic E-state index is 4.31. The van der Waals surface area contributed by atoms with E-state index in [0.29, 0.717) is 0 Å². The van der Waals surface area contributed by atoms with E-state index in [9.17, 15) is 0 Å². The van der Waals surface area contributed by atoms with Crippen molar-refractivity contribution in [1.82, 2.24) is 4.90 Å². The van der Waals surface area contributed by atoms with Gasteiger partial charge in [0.05, 0.1) is 8.07 Å². The molecular weight excluding hydrogens is 318 g/mol. The summed E-state index contributed by atoms with van der Waals surface area (Å²) in [5.41, 5.74) is 1.44. The van der Waals surface area contributed by atoms with Crippen LogP contribution in [0.25, 0.3) is 0 Å². The zero-order valence-corrected chi connectivity index (χ0v) is 18.9. The topological polar surface area (TPSA) is 3.24 Å². The molecule has 1 rings (SSSR count). The molecule has 0 radical (unpaired) electrons. The molecule has 0 spiro atoms. The molecule has 1 heterocycles. The molecule has 0 aromatic rings. The van der Waals surface area contributed by atoms with E-state index in [0.717, 1.165) is 0 Å². The first-order valence-corrected chi connectivity index (χ1v) is 14.3. The van der Waals surface area contributed by atoms with E-state index in [1.165, 1.54) is 120 Å². The van der Waals surface area contributed by atoms with Crippen LogP contribution < -0.4 is 0 Å². The second-order valence-corrected chi connectivity index (χ2v) is 13.6. The Labute approximate surface area is 160 Å². The minimum atomic E-state index is -1.22. The Morgan fingerprint density at radius 3 is 1.52 bits per heavy atom. The highest BCUT2D eigenvalue weighted by atomic mass is 28.3. The van der Waals surface area contributed by atoms with Crippen molar-refractivity contribution in [2.24, 2.45) is 0 Å². The van der Waals surface area contributed by atoms with Crippen molar-refractivity contribution in [2.45, 2.75) is 116 Å². The van der Waals surface area contributed by atoms with Crippen LogP contribution in [0.1, 0.15) is 97.8 Å². The Kier molecular flexibility index (Phi) is 12.9. The van der Waals surface area contributed by atoms with Crippen molar-refractivity contribution in [3.05, 3.63) is 12.2 Å². The molecule has 0 aromatic heterocycles. The SMILES string of the molecule is C=C(C)C[Si](CCC)(CCC)CN1CCCCCCCCCCCC1. The van der Waals surface area contributed by atoms with E-state index in [2.05, 4.69) is 32.3 Å². The largest absolute Gasteiger partial charge is 0.306 e. The molecule has 2 heteroatoms. The Hall–Kier alpha value is -0.0831. The first-order valence-electron chi connectivity index (χ1n) is 11.5. The summed E-state index contributed by atoms with van der Waals surface area (Å²) in [6, 6.07) is 4.37. The van der Waals surface area contributed by atoms with E-state index >= 15 is 0 Å². The van der Waals surface area contributed by atoms with Gasteiger partial charge in [0.1, 0.15) is 0 Å². The minimum absolute atomic E-state index is 1.22. The molecule has 0 saturated carbocycles. The third-order valence-electron chi connectivity index (χ3n) is 6.00. The molecular formula is C23H47NSi. The normalized spacial score (nSPS) is 19.6. The fourth-order valence-corrected chi connectivity index (χ4v) is 10.7. The standard InChI is InChI=1S/C23H47NSi/c1-5-19-25(20-6-2,21-23(3)4)22-24-17-15-13-11-9-7-8-10-12-14-16-18-24/h3,5-22H2,1-2,4H3. The average Bonchev–Trinajstić information content (AvgIpc) is 2.57. The van der Waals surface area contributed by atoms with E-state index in [1.54, 1.807) is 0 Å². The number of rotatable bonds is 8. The maximum Gasteiger partial charge on any atom is 0.0729 e. The van der Waals surface area contributed by atoms with E-state index in [1.807, 2.05) is 0 Å². The van der Waals surface area contributed by atoms with Gasteiger partial charge >= 0.3 is 0 Å². The summed E-state index contributed by atoms with van der Waals surface area (Å²) in [6.45, 7) is 14.1. The molecule has 1 aliphatic rings. The molecule has 1 fully saturated rings. The molecule has 148 valence electrons. The highest BCUT2D eigenvalue weighted by molar-refractivity contribution is 6.80. The van der Waals surface area contributed by atoms with Crippen molar-refractivity contribution in [3.8, 4) is 0 Å². The third-order valence-corrected chi connectivity index (χ3v) is 11.6. The summed E-state index contributed by atoms with van der Waals surface area (Å²) >= 11 is 0. The van der Waals surface area contributed by atoms with Crippen molar-refractivity contribution in [2.75, 3.05) is 19.3 Å². The van der Waals surface area contributed by atoms with Gasteiger partial charge in [0.2, 0.25) is 0 Å². The first kappa shape index (κ1) is 23.0. The Balaban J connectivity index is 2.71. The van der Waals surface area contributed by atoms with Gasteiger partial charge in [0.15, 0.2) is 0 Å². The summed E-state index contributed by atoms with van der Waals surface area (Å²) in [5.74, 6) is 0. The molecule has 0 aliphatic carbocycles. The minimum Gasteiger partial charge on any atom is -0.306 e. The summed E-state index contributed by atoms with van der Waals surface area (Å²) in [6.07, 6.45) is 18.8. The monoisotopic (exact) mass is 365 g/mol. The van der Waals surface area contributed by atoms with Crippen LogP contribution in [-0.4, -0.2) is 32.2 Å². The zero-order chi connectivity index (χ0) is 18.4. The smallest absolute Gasteiger partial charge is 0.0729 e. The molecule has 1 aliphatic heterocycles. The second kappa shape index (κ2) is 14.0. The van der Waals surface area contributed by atoms with Crippen LogP contribution in [0.2, 0.25) is 18.1 Å². The first-order chi connectivity index (χ1) is 12.1. The summed E-state index contributed by atoms with van der Waals surface area (Å²) < 4.78 is 0. The number of nitrogens with zero attached hydrogens (tertiary/aromatic N) is 1. The molecule has 0 atom stereocenters. The van der Waals surface area contributed by atoms with Crippen LogP contribution in [0.3, 0.4) is 0 Å². The Morgan fingerprint density at radius 1 is 0.760 bits per heavy atom. The van der Waals surface area contributed by atoms with Gasteiger partial charge in [-0.25, -0.2) is 0 Å². The molecule has 1 saturated heterocycles. The molecule has 0 bridgehead atoms. The summed E-state index contributed by atoms with van der Waals surface area (Å²) in [7, 11) is -1.22. The van der Waals surface area contributed by atoms with Crippen molar-refractivity contribution >= 4 is 8.07 Å². The van der Waals surface area contributed by atoms with Gasteiger partial charge in [-0.3, -0.25) is 0 Å². The lowest BCUT2D eigenvalue weighted by atomic mass is 10.1. The van der Waals surface area contributed by atoms with E-state index < -0.39 is 8.07 Å². The van der Waals surface area contributed by atoms with Crippen molar-refractivity contribution in [3.63, 3.8) is 0 Å². The second-order valence-electron chi connectivity index (χ2n) is 8.95. The molecule has 1 nitrogen and oxygen atoms in total. The highest BCUT2D eigenvalue weighted by Gasteiger charge is 2.32. The van der Waals surface area contributed by atoms with Gasteiger partial charge in [-0.15, -0.1) is 6.58 Å². The molecule has 0 amide bonds. The fraction of sp³-hybridized carbons (Fsp3) is 0.913. The zero-order valence-electron chi connectivity index (χ0n) is 17.9.